The number of hydrogen-bond donors (Lipinski definition) is 2. The van der Waals surface area contributed by atoms with Gasteiger partial charge >= 0.3 is 24.5 Å². The summed E-state index contributed by atoms with van der Waals surface area (Å²) in [7, 11) is 0. The molecule has 0 aromatic heterocycles. The van der Waals surface area contributed by atoms with E-state index in [1.165, 1.54) is 12.1 Å². The molecule has 6 nitrogen and oxygen atoms in total. The molecule has 1 aliphatic heterocycles. The van der Waals surface area contributed by atoms with E-state index in [0.29, 0.717) is 49.4 Å². The number of alkyl carbamates (subject to hydrolysis) is 1. The first kappa shape index (κ1) is 35.3. The molecule has 0 radical (unpaired) electrons. The van der Waals surface area contributed by atoms with Gasteiger partial charge in [-0.15, -0.1) is 0 Å². The normalized spacial score (nSPS) is 17.8. The van der Waals surface area contributed by atoms with Gasteiger partial charge < -0.3 is 20.3 Å². The number of rotatable bonds is 8. The van der Waals surface area contributed by atoms with Crippen LogP contribution in [-0.4, -0.2) is 53.3 Å². The van der Waals surface area contributed by atoms with Crippen LogP contribution in [0.15, 0.2) is 36.4 Å². The summed E-state index contributed by atoms with van der Waals surface area (Å²) in [5.74, 6) is 0.152. The second kappa shape index (κ2) is 14.3. The topological polar surface area (TPSA) is 70.7 Å². The molecule has 244 valence electrons. The Labute approximate surface area is 256 Å². The summed E-state index contributed by atoms with van der Waals surface area (Å²) >= 11 is 1.61. The average molecular weight is 652 g/mol. The second-order valence-corrected chi connectivity index (χ2v) is 13.0. The Morgan fingerprint density at radius 1 is 0.955 bits per heavy atom. The molecule has 44 heavy (non-hydrogen) atoms. The number of piperidine rings is 1. The number of benzene rings is 2. The van der Waals surface area contributed by atoms with E-state index in [-0.39, 0.29) is 29.8 Å². The van der Waals surface area contributed by atoms with Crippen LogP contribution in [0.4, 0.5) is 40.3 Å². The predicted molar refractivity (Wildman–Crippen MR) is 154 cm³/mol. The minimum Gasteiger partial charge on any atom is -0.444 e. The summed E-state index contributed by atoms with van der Waals surface area (Å²) in [6.45, 7) is 7.49. The molecule has 1 aliphatic rings. The molecule has 3 amide bonds. The number of hydrogen-bond acceptors (Lipinski definition) is 4. The number of amides is 3. The van der Waals surface area contributed by atoms with Crippen LogP contribution in [0, 0.1) is 12.7 Å². The molecule has 1 saturated heterocycles. The molecule has 14 heteroatoms. The smallest absolute Gasteiger partial charge is 0.416 e. The molecular weight excluding hydrogens is 615 g/mol. The number of urea groups is 1. The Hall–Kier alpha value is -3.16. The number of likely N-dealkylation sites (tertiary alicyclic amines) is 1. The summed E-state index contributed by atoms with van der Waals surface area (Å²) < 4.78 is 98.4. The summed E-state index contributed by atoms with van der Waals surface area (Å²) in [4.78, 5) is 26.7. The van der Waals surface area contributed by atoms with E-state index in [4.69, 9.17) is 4.74 Å². The third-order valence-electron chi connectivity index (χ3n) is 6.87. The number of halogens is 7. The minimum atomic E-state index is -4.96. The first-order valence-electron chi connectivity index (χ1n) is 14.0. The maximum Gasteiger partial charge on any atom is 0.416 e. The van der Waals surface area contributed by atoms with Crippen molar-refractivity contribution >= 4 is 23.9 Å². The van der Waals surface area contributed by atoms with Crippen LogP contribution in [0.1, 0.15) is 67.5 Å². The maximum atomic E-state index is 13.9. The summed E-state index contributed by atoms with van der Waals surface area (Å²) in [5.41, 5.74) is -2.31. The molecule has 0 spiro atoms. The van der Waals surface area contributed by atoms with Gasteiger partial charge in [0, 0.05) is 30.6 Å². The van der Waals surface area contributed by atoms with Gasteiger partial charge in [-0.25, -0.2) is 14.0 Å². The number of aryl methyl sites for hydroxylation is 1. The van der Waals surface area contributed by atoms with Crippen LogP contribution in [0.3, 0.4) is 0 Å². The van der Waals surface area contributed by atoms with Crippen molar-refractivity contribution in [1.82, 2.24) is 15.5 Å². The molecule has 1 fully saturated rings. The van der Waals surface area contributed by atoms with Crippen molar-refractivity contribution in [1.29, 1.82) is 0 Å². The number of carbonyl (C=O) groups is 2. The largest absolute Gasteiger partial charge is 0.444 e. The zero-order valence-electron chi connectivity index (χ0n) is 24.8. The van der Waals surface area contributed by atoms with Crippen LogP contribution in [0.5, 0.6) is 0 Å². The van der Waals surface area contributed by atoms with Gasteiger partial charge in [-0.3, -0.25) is 0 Å². The van der Waals surface area contributed by atoms with Crippen molar-refractivity contribution in [2.45, 2.75) is 76.2 Å². The lowest BCUT2D eigenvalue weighted by atomic mass is 9.92. The van der Waals surface area contributed by atoms with E-state index in [2.05, 4.69) is 10.6 Å². The molecule has 0 aliphatic carbocycles. The van der Waals surface area contributed by atoms with Crippen LogP contribution < -0.4 is 10.6 Å². The highest BCUT2D eigenvalue weighted by atomic mass is 32.2. The van der Waals surface area contributed by atoms with Gasteiger partial charge in [-0.1, -0.05) is 6.07 Å². The van der Waals surface area contributed by atoms with Gasteiger partial charge in [-0.2, -0.15) is 38.1 Å². The molecule has 0 bridgehead atoms. The van der Waals surface area contributed by atoms with Gasteiger partial charge in [-0.05, 0) is 94.0 Å². The zero-order valence-corrected chi connectivity index (χ0v) is 25.6. The molecule has 3 rings (SSSR count). The highest BCUT2D eigenvalue weighted by Gasteiger charge is 2.37. The van der Waals surface area contributed by atoms with Gasteiger partial charge in [0.1, 0.15) is 11.4 Å². The number of alkyl halides is 6. The summed E-state index contributed by atoms with van der Waals surface area (Å²) in [5, 5.41) is 5.43. The van der Waals surface area contributed by atoms with E-state index in [1.807, 2.05) is 0 Å². The zero-order chi connectivity index (χ0) is 32.9. The van der Waals surface area contributed by atoms with E-state index >= 15 is 0 Å². The van der Waals surface area contributed by atoms with Crippen molar-refractivity contribution < 1.29 is 45.1 Å². The SMILES string of the molecule is Cc1cc(F)ccc1[C@H]1C[C@@H](SCCNC(=O)OC(C)(C)C)CCN1C(=O)NCCc1cc(C(F)(F)F)cc(C(F)(F)F)c1. The Bertz CT molecular complexity index is 1280. The van der Waals surface area contributed by atoms with Gasteiger partial charge in [0.2, 0.25) is 0 Å². The molecule has 2 atom stereocenters. The van der Waals surface area contributed by atoms with Crippen molar-refractivity contribution in [3.8, 4) is 0 Å². The fraction of sp³-hybridized carbons (Fsp3) is 0.533. The molecule has 2 N–H and O–H groups in total. The number of thioether (sulfide) groups is 1. The van der Waals surface area contributed by atoms with Crippen molar-refractivity contribution in [3.05, 3.63) is 70.0 Å². The van der Waals surface area contributed by atoms with Crippen LogP contribution in [-0.2, 0) is 23.5 Å². The lowest BCUT2D eigenvalue weighted by molar-refractivity contribution is -0.143. The first-order valence-corrected chi connectivity index (χ1v) is 15.1. The van der Waals surface area contributed by atoms with Gasteiger partial charge in [0.25, 0.3) is 0 Å². The Morgan fingerprint density at radius 2 is 1.59 bits per heavy atom. The summed E-state index contributed by atoms with van der Waals surface area (Å²) in [6.07, 6.45) is -9.59. The lowest BCUT2D eigenvalue weighted by Gasteiger charge is -2.40. The lowest BCUT2D eigenvalue weighted by Crippen LogP contribution is -2.47. The van der Waals surface area contributed by atoms with E-state index in [0.717, 1.165) is 5.56 Å². The Balaban J connectivity index is 1.67. The van der Waals surface area contributed by atoms with Crippen molar-refractivity contribution in [3.63, 3.8) is 0 Å². The third kappa shape index (κ3) is 10.5. The Kier molecular flexibility index (Phi) is 11.5. The predicted octanol–water partition coefficient (Wildman–Crippen LogP) is 7.89. The average Bonchev–Trinajstić information content (AvgIpc) is 2.89. The quantitative estimate of drug-likeness (QED) is 0.225. The van der Waals surface area contributed by atoms with Crippen molar-refractivity contribution in [2.24, 2.45) is 0 Å². The molecule has 2 aromatic rings. The van der Waals surface area contributed by atoms with Crippen LogP contribution >= 0.6 is 11.8 Å². The fourth-order valence-electron chi connectivity index (χ4n) is 4.91. The number of ether oxygens (including phenoxy) is 1. The molecule has 1 heterocycles. The van der Waals surface area contributed by atoms with E-state index in [9.17, 15) is 40.3 Å². The maximum absolute atomic E-state index is 13.9. The second-order valence-electron chi connectivity index (χ2n) is 11.6. The van der Waals surface area contributed by atoms with Crippen LogP contribution in [0.25, 0.3) is 0 Å². The fourth-order valence-corrected chi connectivity index (χ4v) is 6.05. The highest BCUT2D eigenvalue weighted by Crippen LogP contribution is 2.38. The minimum absolute atomic E-state index is 0.0630. The molecule has 0 unspecified atom stereocenters. The number of carbonyl (C=O) groups excluding carboxylic acids is 2. The number of nitrogens with zero attached hydrogens (tertiary/aromatic N) is 1. The molecule has 2 aromatic carbocycles. The van der Waals surface area contributed by atoms with Gasteiger partial charge in [0.05, 0.1) is 17.2 Å². The van der Waals surface area contributed by atoms with E-state index < -0.39 is 53.1 Å². The highest BCUT2D eigenvalue weighted by molar-refractivity contribution is 7.99. The summed E-state index contributed by atoms with van der Waals surface area (Å²) in [6, 6.07) is 4.63. The third-order valence-corrected chi connectivity index (χ3v) is 8.21. The molecular formula is C30H36F7N3O3S. The van der Waals surface area contributed by atoms with Crippen molar-refractivity contribution in [2.75, 3.05) is 25.4 Å². The Morgan fingerprint density at radius 3 is 2.16 bits per heavy atom. The standard InChI is InChI=1S/C30H36F7N3O3S/c1-18-13-22(31)5-6-24(18)25-17-23(44-12-10-39-27(42)43-28(2,3)4)8-11-40(25)26(41)38-9-7-19-14-20(29(32,33)34)16-21(15-19)30(35,36)37/h5-6,13-16,23,25H,7-12,17H2,1-4H3,(H,38,41)(H,39,42)/t23-,25+/m0/s1. The first-order chi connectivity index (χ1) is 20.3. The molecule has 0 saturated carbocycles. The van der Waals surface area contributed by atoms with Crippen LogP contribution in [0.2, 0.25) is 0 Å². The monoisotopic (exact) mass is 651 g/mol. The number of nitrogens with one attached hydrogen (secondary N) is 2. The van der Waals surface area contributed by atoms with E-state index in [1.54, 1.807) is 50.4 Å². The van der Waals surface area contributed by atoms with Gasteiger partial charge in [0.15, 0.2) is 0 Å².